The van der Waals surface area contributed by atoms with Crippen molar-refractivity contribution in [3.05, 3.63) is 47.0 Å². The van der Waals surface area contributed by atoms with Gasteiger partial charge in [0.15, 0.2) is 0 Å². The Balaban J connectivity index is 1.93. The number of carbonyl (C=O) groups excluding carboxylic acids is 1. The molecule has 2 rings (SSSR count). The summed E-state index contributed by atoms with van der Waals surface area (Å²) in [5, 5.41) is 9.92. The van der Waals surface area contributed by atoms with Crippen molar-refractivity contribution in [2.75, 3.05) is 0 Å². The van der Waals surface area contributed by atoms with Crippen molar-refractivity contribution < 1.29 is 4.79 Å². The van der Waals surface area contributed by atoms with Gasteiger partial charge in [0.05, 0.1) is 12.5 Å². The Morgan fingerprint density at radius 2 is 2.39 bits per heavy atom. The summed E-state index contributed by atoms with van der Waals surface area (Å²) in [6.07, 6.45) is 1.70. The van der Waals surface area contributed by atoms with E-state index in [-0.39, 0.29) is 11.9 Å². The van der Waals surface area contributed by atoms with Gasteiger partial charge in [-0.15, -0.1) is 0 Å². The second-order valence-electron chi connectivity index (χ2n) is 3.97. The summed E-state index contributed by atoms with van der Waals surface area (Å²) in [4.78, 5) is 15.8. The number of carbonyl (C=O) groups is 1. The summed E-state index contributed by atoms with van der Waals surface area (Å²) in [6, 6.07) is 7.05. The molecule has 1 aromatic heterocycles. The molecule has 1 atom stereocenters. The van der Waals surface area contributed by atoms with Crippen LogP contribution in [0.5, 0.6) is 0 Å². The quantitative estimate of drug-likeness (QED) is 0.886. The van der Waals surface area contributed by atoms with Crippen LogP contribution in [0.15, 0.2) is 30.6 Å². The zero-order chi connectivity index (χ0) is 13.0. The topological polar surface area (TPSA) is 70.7 Å². The zero-order valence-electron chi connectivity index (χ0n) is 9.85. The Hall–Kier alpha value is -1.88. The molecule has 0 aliphatic rings. The van der Waals surface area contributed by atoms with Gasteiger partial charge in [-0.05, 0) is 24.6 Å². The second kappa shape index (κ2) is 5.64. The molecule has 1 amide bonds. The van der Waals surface area contributed by atoms with Crippen LogP contribution in [0.25, 0.3) is 0 Å². The molecule has 2 N–H and O–H groups in total. The minimum atomic E-state index is -0.195. The highest BCUT2D eigenvalue weighted by Crippen LogP contribution is 2.11. The molecule has 0 bridgehead atoms. The number of amides is 1. The van der Waals surface area contributed by atoms with Gasteiger partial charge in [0, 0.05) is 5.02 Å². The number of hydrogen-bond donors (Lipinski definition) is 2. The van der Waals surface area contributed by atoms with E-state index in [1.165, 1.54) is 6.33 Å². The van der Waals surface area contributed by atoms with Crippen LogP contribution in [-0.4, -0.2) is 21.1 Å². The summed E-state index contributed by atoms with van der Waals surface area (Å²) < 4.78 is 0. The first-order chi connectivity index (χ1) is 8.65. The molecule has 0 spiro atoms. The van der Waals surface area contributed by atoms with Crippen LogP contribution in [0.3, 0.4) is 0 Å². The molecule has 2 aromatic rings. The van der Waals surface area contributed by atoms with Crippen molar-refractivity contribution in [1.82, 2.24) is 20.5 Å². The average Bonchev–Trinajstić information content (AvgIpc) is 2.81. The first-order valence-electron chi connectivity index (χ1n) is 5.54. The molecule has 0 aliphatic heterocycles. The smallest absolute Gasteiger partial charge is 0.224 e. The standard InChI is InChI=1S/C12H13ClN4O/c1-8(12-14-7-15-17-12)16-11(18)6-9-3-2-4-10(13)5-9/h2-5,7-8H,6H2,1H3,(H,16,18)(H,14,15,17). The monoisotopic (exact) mass is 264 g/mol. The van der Waals surface area contributed by atoms with Gasteiger partial charge >= 0.3 is 0 Å². The molecule has 18 heavy (non-hydrogen) atoms. The second-order valence-corrected chi connectivity index (χ2v) is 4.40. The fraction of sp³-hybridized carbons (Fsp3) is 0.250. The van der Waals surface area contributed by atoms with E-state index in [1.807, 2.05) is 19.1 Å². The third-order valence-corrected chi connectivity index (χ3v) is 2.71. The summed E-state index contributed by atoms with van der Waals surface area (Å²) in [5.74, 6) is 0.551. The Bertz CT molecular complexity index is 527. The van der Waals surface area contributed by atoms with E-state index in [0.717, 1.165) is 5.56 Å². The van der Waals surface area contributed by atoms with Crippen LogP contribution >= 0.6 is 11.6 Å². The third kappa shape index (κ3) is 3.30. The van der Waals surface area contributed by atoms with Gasteiger partial charge in [-0.2, -0.15) is 5.10 Å². The predicted octanol–water partition coefficient (Wildman–Crippen LogP) is 1.88. The maximum Gasteiger partial charge on any atom is 0.224 e. The molecule has 1 unspecified atom stereocenters. The van der Waals surface area contributed by atoms with Crippen molar-refractivity contribution >= 4 is 17.5 Å². The van der Waals surface area contributed by atoms with Gasteiger partial charge in [-0.25, -0.2) is 4.98 Å². The van der Waals surface area contributed by atoms with Gasteiger partial charge in [-0.3, -0.25) is 9.89 Å². The summed E-state index contributed by atoms with van der Waals surface area (Å²) in [5.41, 5.74) is 0.879. The highest BCUT2D eigenvalue weighted by molar-refractivity contribution is 6.30. The number of rotatable bonds is 4. The van der Waals surface area contributed by atoms with Crippen LogP contribution in [0, 0.1) is 0 Å². The number of H-pyrrole nitrogens is 1. The Kier molecular flexibility index (Phi) is 3.94. The number of nitrogens with one attached hydrogen (secondary N) is 2. The zero-order valence-corrected chi connectivity index (χ0v) is 10.6. The number of aromatic nitrogens is 3. The van der Waals surface area contributed by atoms with Crippen LogP contribution in [0.1, 0.15) is 24.4 Å². The lowest BCUT2D eigenvalue weighted by molar-refractivity contribution is -0.121. The molecular weight excluding hydrogens is 252 g/mol. The molecule has 0 fully saturated rings. The molecule has 94 valence electrons. The Morgan fingerprint density at radius 3 is 3.06 bits per heavy atom. The van der Waals surface area contributed by atoms with Gasteiger partial charge in [0.25, 0.3) is 0 Å². The van der Waals surface area contributed by atoms with Crippen LogP contribution in [-0.2, 0) is 11.2 Å². The van der Waals surface area contributed by atoms with Crippen LogP contribution in [0.4, 0.5) is 0 Å². The Morgan fingerprint density at radius 1 is 1.56 bits per heavy atom. The average molecular weight is 265 g/mol. The van der Waals surface area contributed by atoms with Crippen molar-refractivity contribution in [3.8, 4) is 0 Å². The summed E-state index contributed by atoms with van der Waals surface area (Å²) in [6.45, 7) is 1.84. The van der Waals surface area contributed by atoms with Gasteiger partial charge in [0.1, 0.15) is 12.2 Å². The molecular formula is C12H13ClN4O. The first-order valence-corrected chi connectivity index (χ1v) is 5.92. The highest BCUT2D eigenvalue weighted by atomic mass is 35.5. The van der Waals surface area contributed by atoms with E-state index in [0.29, 0.717) is 17.3 Å². The van der Waals surface area contributed by atoms with Gasteiger partial charge < -0.3 is 5.32 Å². The molecule has 1 aromatic carbocycles. The SMILES string of the molecule is CC(NC(=O)Cc1cccc(Cl)c1)c1ncn[nH]1. The minimum Gasteiger partial charge on any atom is -0.346 e. The normalized spacial score (nSPS) is 12.1. The lowest BCUT2D eigenvalue weighted by Crippen LogP contribution is -2.28. The van der Waals surface area contributed by atoms with Gasteiger partial charge in [-0.1, -0.05) is 23.7 Å². The predicted molar refractivity (Wildman–Crippen MR) is 68.1 cm³/mol. The molecule has 0 saturated carbocycles. The van der Waals surface area contributed by atoms with E-state index in [4.69, 9.17) is 11.6 Å². The number of benzene rings is 1. The van der Waals surface area contributed by atoms with E-state index in [1.54, 1.807) is 12.1 Å². The highest BCUT2D eigenvalue weighted by Gasteiger charge is 2.12. The van der Waals surface area contributed by atoms with E-state index >= 15 is 0 Å². The van der Waals surface area contributed by atoms with Crippen molar-refractivity contribution in [2.24, 2.45) is 0 Å². The molecule has 6 heteroatoms. The van der Waals surface area contributed by atoms with E-state index in [2.05, 4.69) is 20.5 Å². The summed E-state index contributed by atoms with van der Waals surface area (Å²) in [7, 11) is 0. The third-order valence-electron chi connectivity index (χ3n) is 2.48. The van der Waals surface area contributed by atoms with Crippen molar-refractivity contribution in [2.45, 2.75) is 19.4 Å². The van der Waals surface area contributed by atoms with Crippen LogP contribution < -0.4 is 5.32 Å². The number of hydrogen-bond acceptors (Lipinski definition) is 3. The minimum absolute atomic E-state index is 0.0823. The number of aromatic amines is 1. The lowest BCUT2D eigenvalue weighted by Gasteiger charge is -2.11. The first kappa shape index (κ1) is 12.6. The van der Waals surface area contributed by atoms with Crippen LogP contribution in [0.2, 0.25) is 5.02 Å². The lowest BCUT2D eigenvalue weighted by atomic mass is 10.1. The molecule has 0 saturated heterocycles. The molecule has 5 nitrogen and oxygen atoms in total. The van der Waals surface area contributed by atoms with E-state index < -0.39 is 0 Å². The van der Waals surface area contributed by atoms with Crippen molar-refractivity contribution in [3.63, 3.8) is 0 Å². The fourth-order valence-electron chi connectivity index (χ4n) is 1.62. The largest absolute Gasteiger partial charge is 0.346 e. The molecule has 1 heterocycles. The Labute approximate surface area is 110 Å². The number of halogens is 1. The molecule has 0 aliphatic carbocycles. The fourth-order valence-corrected chi connectivity index (χ4v) is 1.83. The van der Waals surface area contributed by atoms with Crippen molar-refractivity contribution in [1.29, 1.82) is 0 Å². The number of nitrogens with zero attached hydrogens (tertiary/aromatic N) is 2. The van der Waals surface area contributed by atoms with E-state index in [9.17, 15) is 4.79 Å². The maximum absolute atomic E-state index is 11.8. The summed E-state index contributed by atoms with van der Waals surface area (Å²) >= 11 is 5.86. The maximum atomic E-state index is 11.8. The van der Waals surface area contributed by atoms with Gasteiger partial charge in [0.2, 0.25) is 5.91 Å². The molecule has 0 radical (unpaired) electrons.